The van der Waals surface area contributed by atoms with Gasteiger partial charge < -0.3 is 9.88 Å². The summed E-state index contributed by atoms with van der Waals surface area (Å²) in [5, 5.41) is 0. The maximum atomic E-state index is 12.2. The van der Waals surface area contributed by atoms with Crippen LogP contribution in [0.15, 0.2) is 42.9 Å². The predicted octanol–water partition coefficient (Wildman–Crippen LogP) is 1.30. The van der Waals surface area contributed by atoms with Crippen LogP contribution in [0.25, 0.3) is 0 Å². The molecule has 1 aliphatic rings. The Morgan fingerprint density at radius 3 is 2.76 bits per heavy atom. The first-order valence-corrected chi connectivity index (χ1v) is 7.32. The first kappa shape index (κ1) is 13.8. The van der Waals surface area contributed by atoms with Crippen molar-refractivity contribution in [3.8, 4) is 0 Å². The molecule has 5 nitrogen and oxygen atoms in total. The van der Waals surface area contributed by atoms with Crippen LogP contribution >= 0.6 is 0 Å². The van der Waals surface area contributed by atoms with Gasteiger partial charge in [-0.05, 0) is 12.0 Å². The number of amides is 1. The number of carbonyl (C=O) groups is 1. The monoisotopic (exact) mass is 284 g/mol. The van der Waals surface area contributed by atoms with E-state index in [1.165, 1.54) is 5.56 Å². The first-order chi connectivity index (χ1) is 10.3. The van der Waals surface area contributed by atoms with Gasteiger partial charge in [-0.2, -0.15) is 0 Å². The number of H-pyrrole nitrogens is 1. The van der Waals surface area contributed by atoms with Gasteiger partial charge in [0.1, 0.15) is 0 Å². The minimum atomic E-state index is 0.219. The summed E-state index contributed by atoms with van der Waals surface area (Å²) in [5.41, 5.74) is 2.34. The minimum Gasteiger partial charge on any atom is -0.347 e. The van der Waals surface area contributed by atoms with Crippen LogP contribution in [0.1, 0.15) is 11.3 Å². The number of aromatic amines is 1. The number of hydrogen-bond acceptors (Lipinski definition) is 3. The maximum Gasteiger partial charge on any atom is 0.236 e. The second kappa shape index (κ2) is 6.54. The molecule has 0 spiro atoms. The van der Waals surface area contributed by atoms with E-state index >= 15 is 0 Å². The third kappa shape index (κ3) is 3.70. The highest BCUT2D eigenvalue weighted by Gasteiger charge is 2.23. The molecule has 3 rings (SSSR count). The van der Waals surface area contributed by atoms with Crippen LogP contribution in [0.2, 0.25) is 0 Å². The maximum absolute atomic E-state index is 12.2. The van der Waals surface area contributed by atoms with Gasteiger partial charge in [0.25, 0.3) is 0 Å². The van der Waals surface area contributed by atoms with E-state index in [1.54, 1.807) is 6.33 Å². The summed E-state index contributed by atoms with van der Waals surface area (Å²) in [6.07, 6.45) is 4.41. The fourth-order valence-corrected chi connectivity index (χ4v) is 2.65. The second-order valence-electron chi connectivity index (χ2n) is 5.40. The summed E-state index contributed by atoms with van der Waals surface area (Å²) in [4.78, 5) is 23.4. The molecule has 2 aromatic rings. The Bertz CT molecular complexity index is 567. The normalized spacial score (nSPS) is 16.4. The number of nitrogens with zero attached hydrogens (tertiary/aromatic N) is 3. The predicted molar refractivity (Wildman–Crippen MR) is 80.6 cm³/mol. The van der Waals surface area contributed by atoms with Crippen molar-refractivity contribution in [2.24, 2.45) is 0 Å². The summed E-state index contributed by atoms with van der Waals surface area (Å²) in [5.74, 6) is 0.219. The number of aromatic nitrogens is 2. The molecule has 1 aromatic carbocycles. The van der Waals surface area contributed by atoms with Gasteiger partial charge in [-0.1, -0.05) is 30.3 Å². The van der Waals surface area contributed by atoms with Crippen LogP contribution in [-0.4, -0.2) is 51.9 Å². The van der Waals surface area contributed by atoms with E-state index in [2.05, 4.69) is 27.0 Å². The Balaban J connectivity index is 1.48. The van der Waals surface area contributed by atoms with Crippen molar-refractivity contribution in [1.82, 2.24) is 19.8 Å². The van der Waals surface area contributed by atoms with Crippen molar-refractivity contribution in [3.63, 3.8) is 0 Å². The van der Waals surface area contributed by atoms with E-state index in [0.29, 0.717) is 6.54 Å². The van der Waals surface area contributed by atoms with Crippen LogP contribution in [0.3, 0.4) is 0 Å². The van der Waals surface area contributed by atoms with Crippen molar-refractivity contribution in [3.05, 3.63) is 54.1 Å². The molecule has 0 bridgehead atoms. The Morgan fingerprint density at radius 1 is 1.19 bits per heavy atom. The lowest BCUT2D eigenvalue weighted by atomic mass is 10.1. The Kier molecular flexibility index (Phi) is 4.31. The molecule has 1 amide bonds. The van der Waals surface area contributed by atoms with Crippen molar-refractivity contribution >= 4 is 5.91 Å². The molecule has 0 aliphatic carbocycles. The van der Waals surface area contributed by atoms with E-state index in [0.717, 1.165) is 38.3 Å². The molecule has 1 saturated heterocycles. The van der Waals surface area contributed by atoms with Crippen LogP contribution in [-0.2, 0) is 17.8 Å². The summed E-state index contributed by atoms with van der Waals surface area (Å²) in [6, 6.07) is 10.3. The molecule has 1 N–H and O–H groups in total. The average Bonchev–Trinajstić information content (AvgIpc) is 3.00. The largest absolute Gasteiger partial charge is 0.347 e. The van der Waals surface area contributed by atoms with Gasteiger partial charge in [-0.3, -0.25) is 9.69 Å². The first-order valence-electron chi connectivity index (χ1n) is 7.32. The standard InChI is InChI=1S/C16H20N4O/c21-16-12-19(11-15-10-17-13-18-15)8-9-20(16)7-6-14-4-2-1-3-5-14/h1-5,10,13H,6-9,11-12H2,(H,17,18). The molecular weight excluding hydrogens is 264 g/mol. The van der Waals surface area contributed by atoms with Crippen LogP contribution in [0, 0.1) is 0 Å². The van der Waals surface area contributed by atoms with Gasteiger partial charge in [-0.25, -0.2) is 4.98 Å². The van der Waals surface area contributed by atoms with Gasteiger partial charge in [0, 0.05) is 38.1 Å². The summed E-state index contributed by atoms with van der Waals surface area (Å²) >= 11 is 0. The molecule has 2 heterocycles. The summed E-state index contributed by atoms with van der Waals surface area (Å²) in [7, 11) is 0. The van der Waals surface area contributed by atoms with E-state index < -0.39 is 0 Å². The number of imidazole rings is 1. The second-order valence-corrected chi connectivity index (χ2v) is 5.40. The van der Waals surface area contributed by atoms with Crippen LogP contribution in [0.5, 0.6) is 0 Å². The van der Waals surface area contributed by atoms with Crippen molar-refractivity contribution in [2.45, 2.75) is 13.0 Å². The number of piperazine rings is 1. The van der Waals surface area contributed by atoms with Gasteiger partial charge in [0.05, 0.1) is 12.9 Å². The lowest BCUT2D eigenvalue weighted by molar-refractivity contribution is -0.136. The molecule has 1 aromatic heterocycles. The van der Waals surface area contributed by atoms with Gasteiger partial charge in [0.2, 0.25) is 5.91 Å². The lowest BCUT2D eigenvalue weighted by Gasteiger charge is -2.34. The number of nitrogens with one attached hydrogen (secondary N) is 1. The zero-order valence-corrected chi connectivity index (χ0v) is 12.0. The molecule has 5 heteroatoms. The Hall–Kier alpha value is -2.14. The topological polar surface area (TPSA) is 52.2 Å². The molecule has 21 heavy (non-hydrogen) atoms. The highest BCUT2D eigenvalue weighted by molar-refractivity contribution is 5.79. The van der Waals surface area contributed by atoms with Crippen molar-refractivity contribution in [1.29, 1.82) is 0 Å². The zero-order chi connectivity index (χ0) is 14.5. The van der Waals surface area contributed by atoms with E-state index in [-0.39, 0.29) is 5.91 Å². The van der Waals surface area contributed by atoms with Crippen molar-refractivity contribution < 1.29 is 4.79 Å². The number of carbonyl (C=O) groups excluding carboxylic acids is 1. The SMILES string of the molecule is O=C1CN(Cc2cnc[nH]2)CCN1CCc1ccccc1. The van der Waals surface area contributed by atoms with Crippen LogP contribution in [0.4, 0.5) is 0 Å². The summed E-state index contributed by atoms with van der Waals surface area (Å²) in [6.45, 7) is 3.78. The van der Waals surface area contributed by atoms with Crippen LogP contribution < -0.4 is 0 Å². The molecule has 1 fully saturated rings. The van der Waals surface area contributed by atoms with E-state index in [9.17, 15) is 4.79 Å². The van der Waals surface area contributed by atoms with Crippen molar-refractivity contribution in [2.75, 3.05) is 26.2 Å². The fourth-order valence-electron chi connectivity index (χ4n) is 2.65. The van der Waals surface area contributed by atoms with Gasteiger partial charge in [0.15, 0.2) is 0 Å². The molecule has 1 aliphatic heterocycles. The smallest absolute Gasteiger partial charge is 0.236 e. The molecule has 0 unspecified atom stereocenters. The quantitative estimate of drug-likeness (QED) is 0.900. The molecule has 0 radical (unpaired) electrons. The van der Waals surface area contributed by atoms with E-state index in [4.69, 9.17) is 0 Å². The summed E-state index contributed by atoms with van der Waals surface area (Å²) < 4.78 is 0. The highest BCUT2D eigenvalue weighted by Crippen LogP contribution is 2.09. The Labute approximate surface area is 124 Å². The fraction of sp³-hybridized carbons (Fsp3) is 0.375. The minimum absolute atomic E-state index is 0.219. The third-order valence-corrected chi connectivity index (χ3v) is 3.86. The number of rotatable bonds is 5. The lowest BCUT2D eigenvalue weighted by Crippen LogP contribution is -2.50. The Morgan fingerprint density at radius 2 is 2.05 bits per heavy atom. The average molecular weight is 284 g/mol. The van der Waals surface area contributed by atoms with Gasteiger partial charge in [-0.15, -0.1) is 0 Å². The number of hydrogen-bond donors (Lipinski definition) is 1. The zero-order valence-electron chi connectivity index (χ0n) is 12.0. The molecule has 0 atom stereocenters. The van der Waals surface area contributed by atoms with Gasteiger partial charge >= 0.3 is 0 Å². The molecular formula is C16H20N4O. The highest BCUT2D eigenvalue weighted by atomic mass is 16.2. The van der Waals surface area contributed by atoms with E-state index in [1.807, 2.05) is 29.3 Å². The molecule has 110 valence electrons. The molecule has 0 saturated carbocycles. The third-order valence-electron chi connectivity index (χ3n) is 3.86. The number of benzene rings is 1.